The third-order valence-corrected chi connectivity index (χ3v) is 7.15. The molecular formula is C23H29N5O2. The van der Waals surface area contributed by atoms with Crippen LogP contribution in [0.2, 0.25) is 0 Å². The summed E-state index contributed by atoms with van der Waals surface area (Å²) in [5.74, 6) is 2.25. The maximum Gasteiger partial charge on any atom is 0.161 e. The number of anilines is 2. The van der Waals surface area contributed by atoms with Crippen molar-refractivity contribution in [1.82, 2.24) is 14.9 Å². The number of nitrogen functional groups attached to an aromatic ring is 1. The van der Waals surface area contributed by atoms with Gasteiger partial charge in [0.2, 0.25) is 0 Å². The SMILES string of the molecule is Nc1ccc(-c2nc3c(c(N4CCOCC4)n2)C2CCC(C3)N2[C@@H](O)C2CC2)cc1. The van der Waals surface area contributed by atoms with Crippen molar-refractivity contribution in [1.29, 1.82) is 0 Å². The molecule has 4 aliphatic rings. The summed E-state index contributed by atoms with van der Waals surface area (Å²) in [6.45, 7) is 3.12. The van der Waals surface area contributed by atoms with E-state index in [1.165, 1.54) is 5.56 Å². The number of morpholine rings is 1. The molecule has 2 bridgehead atoms. The van der Waals surface area contributed by atoms with E-state index in [0.717, 1.165) is 87.0 Å². The Balaban J connectivity index is 1.46. The standard InChI is InChI=1S/C23H29N5O2/c24-16-5-3-14(4-6-16)21-25-18-13-17-7-8-19(28(17)23(29)15-1-2-15)20(18)22(26-21)27-9-11-30-12-10-27/h3-6,15,17,19,23,29H,1-2,7-13,24H2/t17?,19?,23-/m0/s1. The molecule has 30 heavy (non-hydrogen) atoms. The van der Waals surface area contributed by atoms with E-state index < -0.39 is 0 Å². The van der Waals surface area contributed by atoms with Gasteiger partial charge < -0.3 is 20.5 Å². The van der Waals surface area contributed by atoms with E-state index in [2.05, 4.69) is 9.80 Å². The van der Waals surface area contributed by atoms with Crippen molar-refractivity contribution in [2.45, 2.75) is 50.4 Å². The van der Waals surface area contributed by atoms with Gasteiger partial charge in [0.15, 0.2) is 5.82 Å². The minimum Gasteiger partial charge on any atom is -0.399 e. The maximum atomic E-state index is 11.0. The van der Waals surface area contributed by atoms with Crippen LogP contribution in [-0.4, -0.2) is 58.5 Å². The molecule has 0 amide bonds. The molecule has 3 fully saturated rings. The molecule has 6 rings (SSSR count). The highest BCUT2D eigenvalue weighted by Gasteiger charge is 2.49. The minimum atomic E-state index is -0.329. The number of aliphatic hydroxyl groups is 1. The van der Waals surface area contributed by atoms with E-state index in [4.69, 9.17) is 20.4 Å². The third kappa shape index (κ3) is 3.07. The molecule has 3 aliphatic heterocycles. The normalized spacial score (nSPS) is 27.2. The van der Waals surface area contributed by atoms with Crippen molar-refractivity contribution in [3.8, 4) is 11.4 Å². The fourth-order valence-corrected chi connectivity index (χ4v) is 5.44. The summed E-state index contributed by atoms with van der Waals surface area (Å²) in [6.07, 6.45) is 5.04. The predicted molar refractivity (Wildman–Crippen MR) is 115 cm³/mol. The van der Waals surface area contributed by atoms with Gasteiger partial charge in [-0.25, -0.2) is 9.97 Å². The number of hydrogen-bond acceptors (Lipinski definition) is 7. The largest absolute Gasteiger partial charge is 0.399 e. The van der Waals surface area contributed by atoms with Gasteiger partial charge in [-0.3, -0.25) is 4.90 Å². The summed E-state index contributed by atoms with van der Waals surface area (Å²) in [6, 6.07) is 8.41. The van der Waals surface area contributed by atoms with Crippen molar-refractivity contribution in [3.05, 3.63) is 35.5 Å². The first-order valence-electron chi connectivity index (χ1n) is 11.2. The summed E-state index contributed by atoms with van der Waals surface area (Å²) >= 11 is 0. The van der Waals surface area contributed by atoms with Crippen LogP contribution in [-0.2, 0) is 11.2 Å². The quantitative estimate of drug-likeness (QED) is 0.752. The molecule has 2 saturated heterocycles. The molecule has 0 radical (unpaired) electrons. The highest BCUT2D eigenvalue weighted by Crippen LogP contribution is 2.50. The lowest BCUT2D eigenvalue weighted by Gasteiger charge is -2.41. The summed E-state index contributed by atoms with van der Waals surface area (Å²) in [7, 11) is 0. The van der Waals surface area contributed by atoms with Crippen LogP contribution in [0.15, 0.2) is 24.3 Å². The van der Waals surface area contributed by atoms with Gasteiger partial charge in [-0.2, -0.15) is 0 Å². The van der Waals surface area contributed by atoms with Crippen molar-refractivity contribution < 1.29 is 9.84 Å². The van der Waals surface area contributed by atoms with E-state index in [-0.39, 0.29) is 12.3 Å². The molecule has 7 nitrogen and oxygen atoms in total. The molecule has 2 unspecified atom stereocenters. The van der Waals surface area contributed by atoms with Crippen LogP contribution in [0.1, 0.15) is 43.0 Å². The Morgan fingerprint density at radius 1 is 1.03 bits per heavy atom. The molecule has 7 heteroatoms. The van der Waals surface area contributed by atoms with Crippen molar-refractivity contribution >= 4 is 11.5 Å². The van der Waals surface area contributed by atoms with E-state index in [1.807, 2.05) is 24.3 Å². The van der Waals surface area contributed by atoms with Crippen LogP contribution >= 0.6 is 0 Å². The third-order valence-electron chi connectivity index (χ3n) is 7.15. The number of aromatic nitrogens is 2. The lowest BCUT2D eigenvalue weighted by atomic mass is 9.96. The molecule has 2 aromatic rings. The first-order chi connectivity index (χ1) is 14.7. The number of fused-ring (bicyclic) bond motifs is 4. The van der Waals surface area contributed by atoms with E-state index in [9.17, 15) is 5.11 Å². The van der Waals surface area contributed by atoms with Gasteiger partial charge in [-0.05, 0) is 55.9 Å². The van der Waals surface area contributed by atoms with Crippen molar-refractivity contribution in [3.63, 3.8) is 0 Å². The second-order valence-corrected chi connectivity index (χ2v) is 9.10. The zero-order valence-corrected chi connectivity index (χ0v) is 17.2. The molecule has 1 aromatic heterocycles. The molecule has 0 spiro atoms. The minimum absolute atomic E-state index is 0.215. The topological polar surface area (TPSA) is 87.7 Å². The smallest absolute Gasteiger partial charge is 0.161 e. The van der Waals surface area contributed by atoms with Crippen molar-refractivity contribution in [2.75, 3.05) is 36.9 Å². The summed E-state index contributed by atoms with van der Waals surface area (Å²) in [4.78, 5) is 14.9. The summed E-state index contributed by atoms with van der Waals surface area (Å²) < 4.78 is 5.60. The number of nitrogens with zero attached hydrogens (tertiary/aromatic N) is 4. The zero-order valence-electron chi connectivity index (χ0n) is 17.2. The average molecular weight is 408 g/mol. The van der Waals surface area contributed by atoms with E-state index in [1.54, 1.807) is 0 Å². The number of nitrogens with two attached hydrogens (primary N) is 1. The number of aliphatic hydroxyl groups excluding tert-OH is 1. The van der Waals surface area contributed by atoms with Gasteiger partial charge in [0, 0.05) is 48.4 Å². The van der Waals surface area contributed by atoms with Gasteiger partial charge in [-0.15, -0.1) is 0 Å². The fourth-order valence-electron chi connectivity index (χ4n) is 5.44. The first kappa shape index (κ1) is 18.5. The Kier molecular flexibility index (Phi) is 4.44. The second kappa shape index (κ2) is 7.18. The Hall–Kier alpha value is -2.22. The fraction of sp³-hybridized carbons (Fsp3) is 0.565. The van der Waals surface area contributed by atoms with Gasteiger partial charge in [0.25, 0.3) is 0 Å². The summed E-state index contributed by atoms with van der Waals surface area (Å²) in [5, 5.41) is 11.0. The van der Waals surface area contributed by atoms with Crippen LogP contribution in [0.3, 0.4) is 0 Å². The van der Waals surface area contributed by atoms with Crippen LogP contribution in [0.5, 0.6) is 0 Å². The van der Waals surface area contributed by atoms with Gasteiger partial charge in [-0.1, -0.05) is 0 Å². The van der Waals surface area contributed by atoms with Crippen LogP contribution in [0.4, 0.5) is 11.5 Å². The van der Waals surface area contributed by atoms with Crippen LogP contribution in [0.25, 0.3) is 11.4 Å². The number of ether oxygens (including phenoxy) is 1. The van der Waals surface area contributed by atoms with E-state index in [0.29, 0.717) is 12.0 Å². The van der Waals surface area contributed by atoms with Gasteiger partial charge in [0.05, 0.1) is 18.9 Å². The second-order valence-electron chi connectivity index (χ2n) is 9.10. The van der Waals surface area contributed by atoms with Gasteiger partial charge >= 0.3 is 0 Å². The van der Waals surface area contributed by atoms with Gasteiger partial charge in [0.1, 0.15) is 12.0 Å². The Morgan fingerprint density at radius 3 is 2.53 bits per heavy atom. The summed E-state index contributed by atoms with van der Waals surface area (Å²) in [5.41, 5.74) is 10.0. The number of benzene rings is 1. The zero-order chi connectivity index (χ0) is 20.2. The molecule has 1 saturated carbocycles. The highest BCUT2D eigenvalue weighted by atomic mass is 16.5. The Morgan fingerprint density at radius 2 is 1.80 bits per heavy atom. The average Bonchev–Trinajstić information content (AvgIpc) is 3.58. The Labute approximate surface area is 176 Å². The maximum absolute atomic E-state index is 11.0. The van der Waals surface area contributed by atoms with E-state index >= 15 is 0 Å². The Bertz CT molecular complexity index is 939. The molecule has 1 aromatic carbocycles. The lowest BCUT2D eigenvalue weighted by Crippen LogP contribution is -2.47. The molecule has 4 heterocycles. The molecule has 1 aliphatic carbocycles. The number of hydrogen-bond donors (Lipinski definition) is 2. The highest BCUT2D eigenvalue weighted by molar-refractivity contribution is 5.64. The lowest BCUT2D eigenvalue weighted by molar-refractivity contribution is -0.0505. The first-order valence-corrected chi connectivity index (χ1v) is 11.2. The monoisotopic (exact) mass is 407 g/mol. The van der Waals surface area contributed by atoms with Crippen LogP contribution < -0.4 is 10.6 Å². The predicted octanol–water partition coefficient (Wildman–Crippen LogP) is 2.35. The van der Waals surface area contributed by atoms with Crippen LogP contribution in [0, 0.1) is 5.92 Å². The molecule has 158 valence electrons. The van der Waals surface area contributed by atoms with Crippen molar-refractivity contribution in [2.24, 2.45) is 5.92 Å². The number of rotatable bonds is 4. The molecule has 3 N–H and O–H groups in total. The molecule has 3 atom stereocenters. The molecular weight excluding hydrogens is 378 g/mol.